The van der Waals surface area contributed by atoms with Crippen LogP contribution in [-0.2, 0) is 9.53 Å². The highest BCUT2D eigenvalue weighted by Gasteiger charge is 2.00. The van der Waals surface area contributed by atoms with E-state index in [0.717, 1.165) is 0 Å². The van der Waals surface area contributed by atoms with Gasteiger partial charge in [-0.05, 0) is 6.08 Å². The number of hydrogen-bond donors (Lipinski definition) is 1. The molecule has 0 aliphatic rings. The fourth-order valence-electron chi connectivity index (χ4n) is 0.524. The second kappa shape index (κ2) is 6.37. The van der Waals surface area contributed by atoms with Crippen molar-refractivity contribution in [1.82, 2.24) is 0 Å². The lowest BCUT2D eigenvalue weighted by molar-refractivity contribution is -0.138. The second-order valence-electron chi connectivity index (χ2n) is 2.07. The van der Waals surface area contributed by atoms with Crippen molar-refractivity contribution in [3.8, 4) is 0 Å². The number of esters is 1. The summed E-state index contributed by atoms with van der Waals surface area (Å²) >= 11 is 0. The SMILES string of the molecule is C=C/C=C\C(=C)OC(=O)CCN. The molecule has 0 saturated heterocycles. The first-order chi connectivity index (χ1) is 5.70. The molecule has 0 spiro atoms. The third kappa shape index (κ3) is 5.44. The van der Waals surface area contributed by atoms with Crippen molar-refractivity contribution >= 4 is 5.97 Å². The molecular formula is C9H13NO2. The summed E-state index contributed by atoms with van der Waals surface area (Å²) in [6, 6.07) is 0. The Bertz CT molecular complexity index is 207. The summed E-state index contributed by atoms with van der Waals surface area (Å²) < 4.78 is 4.74. The molecule has 12 heavy (non-hydrogen) atoms. The number of nitrogens with two attached hydrogens (primary N) is 1. The van der Waals surface area contributed by atoms with Gasteiger partial charge in [0.1, 0.15) is 5.76 Å². The van der Waals surface area contributed by atoms with Gasteiger partial charge in [0.2, 0.25) is 0 Å². The van der Waals surface area contributed by atoms with Crippen molar-refractivity contribution in [3.63, 3.8) is 0 Å². The van der Waals surface area contributed by atoms with Gasteiger partial charge in [0.05, 0.1) is 6.42 Å². The fraction of sp³-hybridized carbons (Fsp3) is 0.222. The van der Waals surface area contributed by atoms with E-state index in [1.807, 2.05) is 0 Å². The van der Waals surface area contributed by atoms with Gasteiger partial charge in [-0.1, -0.05) is 25.3 Å². The topological polar surface area (TPSA) is 52.3 Å². The van der Waals surface area contributed by atoms with Crippen LogP contribution in [0.25, 0.3) is 0 Å². The summed E-state index contributed by atoms with van der Waals surface area (Å²) in [6.45, 7) is 7.24. The zero-order valence-corrected chi connectivity index (χ0v) is 6.95. The molecule has 0 aromatic carbocycles. The number of allylic oxidation sites excluding steroid dienone is 3. The van der Waals surface area contributed by atoms with Gasteiger partial charge in [0.25, 0.3) is 0 Å². The van der Waals surface area contributed by atoms with Gasteiger partial charge in [0.15, 0.2) is 0 Å². The lowest BCUT2D eigenvalue weighted by Gasteiger charge is -2.00. The molecule has 0 rings (SSSR count). The first-order valence-electron chi connectivity index (χ1n) is 3.59. The molecule has 0 atom stereocenters. The van der Waals surface area contributed by atoms with E-state index in [4.69, 9.17) is 10.5 Å². The number of ether oxygens (including phenoxy) is 1. The van der Waals surface area contributed by atoms with Crippen LogP contribution in [0.5, 0.6) is 0 Å². The summed E-state index contributed by atoms with van der Waals surface area (Å²) in [5.41, 5.74) is 5.14. The van der Waals surface area contributed by atoms with Crippen molar-refractivity contribution in [2.75, 3.05) is 6.54 Å². The highest BCUT2D eigenvalue weighted by Crippen LogP contribution is 1.97. The van der Waals surface area contributed by atoms with E-state index in [9.17, 15) is 4.79 Å². The first-order valence-corrected chi connectivity index (χ1v) is 3.59. The van der Waals surface area contributed by atoms with Crippen LogP contribution < -0.4 is 5.73 Å². The molecule has 0 heterocycles. The Morgan fingerprint density at radius 3 is 2.75 bits per heavy atom. The second-order valence-corrected chi connectivity index (χ2v) is 2.07. The van der Waals surface area contributed by atoms with Crippen LogP contribution in [0.3, 0.4) is 0 Å². The molecule has 0 bridgehead atoms. The van der Waals surface area contributed by atoms with Crippen LogP contribution in [0.15, 0.2) is 37.1 Å². The van der Waals surface area contributed by atoms with Gasteiger partial charge >= 0.3 is 5.97 Å². The molecule has 0 aliphatic carbocycles. The van der Waals surface area contributed by atoms with Crippen molar-refractivity contribution in [2.45, 2.75) is 6.42 Å². The van der Waals surface area contributed by atoms with E-state index >= 15 is 0 Å². The van der Waals surface area contributed by atoms with E-state index in [0.29, 0.717) is 5.76 Å². The monoisotopic (exact) mass is 167 g/mol. The molecule has 0 unspecified atom stereocenters. The van der Waals surface area contributed by atoms with Crippen molar-refractivity contribution in [2.24, 2.45) is 5.73 Å². The van der Waals surface area contributed by atoms with Crippen LogP contribution in [0.1, 0.15) is 6.42 Å². The minimum atomic E-state index is -0.365. The summed E-state index contributed by atoms with van der Waals surface area (Å²) in [4.78, 5) is 10.8. The quantitative estimate of drug-likeness (QED) is 0.379. The average molecular weight is 167 g/mol. The minimum absolute atomic E-state index is 0.209. The molecule has 0 fully saturated rings. The molecule has 66 valence electrons. The molecule has 3 nitrogen and oxygen atoms in total. The molecular weight excluding hydrogens is 154 g/mol. The lowest BCUT2D eigenvalue weighted by Crippen LogP contribution is -2.10. The van der Waals surface area contributed by atoms with Gasteiger partial charge in [-0.3, -0.25) is 4.79 Å². The molecule has 0 aromatic rings. The predicted octanol–water partition coefficient (Wildman–Crippen LogP) is 1.13. The highest BCUT2D eigenvalue weighted by atomic mass is 16.5. The Morgan fingerprint density at radius 2 is 2.25 bits per heavy atom. The third-order valence-corrected chi connectivity index (χ3v) is 1.01. The van der Waals surface area contributed by atoms with E-state index < -0.39 is 0 Å². The van der Waals surface area contributed by atoms with Crippen molar-refractivity contribution in [3.05, 3.63) is 37.1 Å². The number of carbonyl (C=O) groups is 1. The molecule has 2 N–H and O–H groups in total. The molecule has 0 radical (unpaired) electrons. The van der Waals surface area contributed by atoms with Gasteiger partial charge in [-0.25, -0.2) is 0 Å². The van der Waals surface area contributed by atoms with Gasteiger partial charge in [-0.2, -0.15) is 0 Å². The Labute approximate surface area is 72.2 Å². The maximum Gasteiger partial charge on any atom is 0.312 e. The molecule has 3 heteroatoms. The molecule has 0 saturated carbocycles. The Hall–Kier alpha value is -1.35. The van der Waals surface area contributed by atoms with Crippen molar-refractivity contribution in [1.29, 1.82) is 0 Å². The largest absolute Gasteiger partial charge is 0.427 e. The van der Waals surface area contributed by atoms with E-state index in [1.165, 1.54) is 0 Å². The van der Waals surface area contributed by atoms with Crippen LogP contribution in [0.4, 0.5) is 0 Å². The summed E-state index contributed by atoms with van der Waals surface area (Å²) in [6.07, 6.45) is 4.97. The van der Waals surface area contributed by atoms with Gasteiger partial charge in [0, 0.05) is 6.54 Å². The van der Waals surface area contributed by atoms with Crippen LogP contribution in [-0.4, -0.2) is 12.5 Å². The number of rotatable bonds is 5. The van der Waals surface area contributed by atoms with E-state index in [2.05, 4.69) is 13.2 Å². The predicted molar refractivity (Wildman–Crippen MR) is 48.2 cm³/mol. The number of carbonyl (C=O) groups excluding carboxylic acids is 1. The minimum Gasteiger partial charge on any atom is -0.427 e. The highest BCUT2D eigenvalue weighted by molar-refractivity contribution is 5.71. The number of hydrogen-bond acceptors (Lipinski definition) is 3. The van der Waals surface area contributed by atoms with Gasteiger partial charge < -0.3 is 10.5 Å². The lowest BCUT2D eigenvalue weighted by atomic mass is 10.4. The molecule has 0 aromatic heterocycles. The van der Waals surface area contributed by atoms with Crippen LogP contribution in [0.2, 0.25) is 0 Å². The fourth-order valence-corrected chi connectivity index (χ4v) is 0.524. The Kier molecular flexibility index (Phi) is 5.65. The van der Waals surface area contributed by atoms with E-state index in [1.54, 1.807) is 18.2 Å². The zero-order chi connectivity index (χ0) is 9.40. The van der Waals surface area contributed by atoms with Crippen molar-refractivity contribution < 1.29 is 9.53 Å². The average Bonchev–Trinajstić information content (AvgIpc) is 2.01. The molecule has 0 amide bonds. The Morgan fingerprint density at radius 1 is 1.58 bits per heavy atom. The normalized spacial score (nSPS) is 9.75. The van der Waals surface area contributed by atoms with Crippen LogP contribution in [0, 0.1) is 0 Å². The Balaban J connectivity index is 3.76. The molecule has 0 aliphatic heterocycles. The van der Waals surface area contributed by atoms with Gasteiger partial charge in [-0.15, -0.1) is 0 Å². The maximum absolute atomic E-state index is 10.8. The summed E-state index contributed by atoms with van der Waals surface area (Å²) in [5, 5.41) is 0. The van der Waals surface area contributed by atoms with E-state index in [-0.39, 0.29) is 18.9 Å². The summed E-state index contributed by atoms with van der Waals surface area (Å²) in [5.74, 6) is -0.0652. The summed E-state index contributed by atoms with van der Waals surface area (Å²) in [7, 11) is 0. The maximum atomic E-state index is 10.8. The third-order valence-electron chi connectivity index (χ3n) is 1.01. The van der Waals surface area contributed by atoms with Crippen LogP contribution >= 0.6 is 0 Å². The standard InChI is InChI=1S/C9H13NO2/c1-3-4-5-8(2)12-9(11)6-7-10/h3-5H,1-2,6-7,10H2/b5-4-. The smallest absolute Gasteiger partial charge is 0.312 e. The first kappa shape index (κ1) is 10.7. The zero-order valence-electron chi connectivity index (χ0n) is 6.95.